The summed E-state index contributed by atoms with van der Waals surface area (Å²) in [5.41, 5.74) is -4.57. The monoisotopic (exact) mass is 637 g/mol. The van der Waals surface area contributed by atoms with Gasteiger partial charge in [0.25, 0.3) is 5.91 Å². The van der Waals surface area contributed by atoms with Crippen molar-refractivity contribution < 1.29 is 52.7 Å². The third kappa shape index (κ3) is 5.06. The molecule has 0 aromatic heterocycles. The number of ether oxygens (including phenoxy) is 1. The van der Waals surface area contributed by atoms with E-state index in [1.165, 1.54) is 26.0 Å². The normalized spacial score (nSPS) is 29.1. The summed E-state index contributed by atoms with van der Waals surface area (Å²) >= 11 is 0. The quantitative estimate of drug-likeness (QED) is 0.304. The predicted octanol–water partition coefficient (Wildman–Crippen LogP) is 3.06. The van der Waals surface area contributed by atoms with Crippen molar-refractivity contribution >= 4 is 23.2 Å². The number of carbonyl (C=O) groups excluding carboxylic acids is 3. The number of phenols is 1. The Labute approximate surface area is 257 Å². The summed E-state index contributed by atoms with van der Waals surface area (Å²) in [7, 11) is 4.17. The summed E-state index contributed by atoms with van der Waals surface area (Å²) < 4.78 is 46.5. The lowest BCUT2D eigenvalue weighted by Gasteiger charge is -2.50. The molecule has 2 fully saturated rings. The first-order valence-corrected chi connectivity index (χ1v) is 14.9. The molecule has 5 rings (SSSR count). The van der Waals surface area contributed by atoms with E-state index in [-0.39, 0.29) is 30.0 Å². The number of amides is 1. The average Bonchev–Trinajstić information content (AvgIpc) is 2.95. The van der Waals surface area contributed by atoms with Crippen molar-refractivity contribution in [1.82, 2.24) is 15.1 Å². The van der Waals surface area contributed by atoms with Crippen LogP contribution in [0, 0.1) is 11.8 Å². The van der Waals surface area contributed by atoms with Crippen molar-refractivity contribution in [1.29, 1.82) is 0 Å². The van der Waals surface area contributed by atoms with Crippen LogP contribution < -0.4 is 10.1 Å². The number of nitrogens with one attached hydrogen (secondary N) is 1. The summed E-state index contributed by atoms with van der Waals surface area (Å²) in [5.74, 6) is -8.65. The number of alkyl halides is 3. The fraction of sp³-hybridized carbons (Fsp3) is 0.581. The van der Waals surface area contributed by atoms with E-state index in [2.05, 4.69) is 10.1 Å². The molecule has 11 nitrogen and oxygen atoms in total. The van der Waals surface area contributed by atoms with Crippen LogP contribution in [0.25, 0.3) is 5.76 Å². The summed E-state index contributed by atoms with van der Waals surface area (Å²) in [6.07, 6.45) is -3.59. The number of likely N-dealkylation sites (N-methyl/N-ethyl adjacent to an activating group) is 2. The van der Waals surface area contributed by atoms with Gasteiger partial charge in [-0.3, -0.25) is 24.2 Å². The van der Waals surface area contributed by atoms with Gasteiger partial charge in [-0.15, -0.1) is 13.2 Å². The van der Waals surface area contributed by atoms with E-state index in [1.807, 2.05) is 18.7 Å². The first-order chi connectivity index (χ1) is 20.9. The van der Waals surface area contributed by atoms with Gasteiger partial charge in [0, 0.05) is 41.7 Å². The molecule has 4 aliphatic rings. The van der Waals surface area contributed by atoms with Gasteiger partial charge in [-0.25, -0.2) is 0 Å². The van der Waals surface area contributed by atoms with Gasteiger partial charge in [0.05, 0.1) is 11.6 Å². The number of piperidine rings is 1. The number of ketones is 2. The number of likely N-dealkylation sites (tertiary alicyclic amines) is 1. The molecule has 1 aliphatic heterocycles. The van der Waals surface area contributed by atoms with Crippen molar-refractivity contribution in [2.45, 2.75) is 76.0 Å². The van der Waals surface area contributed by atoms with Crippen molar-refractivity contribution in [2.24, 2.45) is 11.8 Å². The van der Waals surface area contributed by atoms with E-state index in [4.69, 9.17) is 0 Å². The maximum absolute atomic E-state index is 14.1. The third-order valence-electron chi connectivity index (χ3n) is 9.69. The standard InChI is InChI=1S/C31H38F3N3O8/c1-13(2)37-9-7-6-8-18(37)15-12-19(38)21-16(26(15)45-31(32,33)34)10-14-11-17-23(36(4)5)25(40)22(29(43)35-3)28(42)30(17,44)27(41)20(14)24(21)39/h12-14,17-18,23,38-39,42,44H,6-11H2,1-5H3,(H,35,43)/t14-,17-,18?,23-,30-/m0/s1. The largest absolute Gasteiger partial charge is 0.573 e. The number of rotatable bonds is 5. The lowest BCUT2D eigenvalue weighted by molar-refractivity contribution is -0.275. The number of benzene rings is 1. The maximum atomic E-state index is 14.1. The Morgan fingerprint density at radius 2 is 1.84 bits per heavy atom. The zero-order valence-corrected chi connectivity index (χ0v) is 25.7. The molecular weight excluding hydrogens is 599 g/mol. The van der Waals surface area contributed by atoms with Crippen LogP contribution in [0.15, 0.2) is 23.0 Å². The molecule has 1 saturated heterocycles. The van der Waals surface area contributed by atoms with Crippen LogP contribution in [-0.2, 0) is 20.8 Å². The lowest BCUT2D eigenvalue weighted by atomic mass is 9.57. The Morgan fingerprint density at radius 3 is 2.42 bits per heavy atom. The molecule has 1 unspecified atom stereocenters. The van der Waals surface area contributed by atoms with Crippen LogP contribution >= 0.6 is 0 Å². The molecule has 3 aliphatic carbocycles. The molecule has 1 saturated carbocycles. The second kappa shape index (κ2) is 11.3. The topological polar surface area (TPSA) is 160 Å². The molecule has 0 spiro atoms. The van der Waals surface area contributed by atoms with E-state index < -0.39 is 93.1 Å². The Hall–Kier alpha value is -3.62. The molecule has 14 heteroatoms. The molecule has 246 valence electrons. The third-order valence-corrected chi connectivity index (χ3v) is 9.69. The highest BCUT2D eigenvalue weighted by molar-refractivity contribution is 6.24. The van der Waals surface area contributed by atoms with Gasteiger partial charge < -0.3 is 30.5 Å². The molecule has 0 bridgehead atoms. The van der Waals surface area contributed by atoms with Gasteiger partial charge in [-0.05, 0) is 72.2 Å². The van der Waals surface area contributed by atoms with Crippen molar-refractivity contribution in [3.63, 3.8) is 0 Å². The van der Waals surface area contributed by atoms with Crippen LogP contribution in [0.1, 0.15) is 62.3 Å². The number of hydrogen-bond donors (Lipinski definition) is 5. The van der Waals surface area contributed by atoms with Crippen molar-refractivity contribution in [2.75, 3.05) is 27.7 Å². The van der Waals surface area contributed by atoms with E-state index in [0.29, 0.717) is 13.0 Å². The summed E-state index contributed by atoms with van der Waals surface area (Å²) in [6, 6.07) is -0.722. The maximum Gasteiger partial charge on any atom is 0.573 e. The predicted molar refractivity (Wildman–Crippen MR) is 154 cm³/mol. The van der Waals surface area contributed by atoms with Crippen LogP contribution in [-0.4, -0.2) is 99.4 Å². The smallest absolute Gasteiger partial charge is 0.508 e. The molecule has 5 atom stereocenters. The zero-order chi connectivity index (χ0) is 33.3. The number of halogens is 3. The molecule has 5 N–H and O–H groups in total. The summed E-state index contributed by atoms with van der Waals surface area (Å²) in [4.78, 5) is 43.6. The molecule has 1 aromatic carbocycles. The van der Waals surface area contributed by atoms with E-state index in [0.717, 1.165) is 18.9 Å². The van der Waals surface area contributed by atoms with Gasteiger partial charge >= 0.3 is 6.36 Å². The lowest BCUT2D eigenvalue weighted by Crippen LogP contribution is -2.65. The number of nitrogens with zero attached hydrogens (tertiary/aromatic N) is 2. The number of carbonyl (C=O) groups is 3. The number of phenolic OH excluding ortho intramolecular Hbond substituents is 1. The van der Waals surface area contributed by atoms with Crippen LogP contribution in [0.3, 0.4) is 0 Å². The second-order valence-corrected chi connectivity index (χ2v) is 12.7. The first kappa shape index (κ1) is 32.8. The molecule has 1 amide bonds. The van der Waals surface area contributed by atoms with Crippen LogP contribution in [0.2, 0.25) is 0 Å². The van der Waals surface area contributed by atoms with Crippen molar-refractivity contribution in [3.8, 4) is 11.5 Å². The average molecular weight is 638 g/mol. The van der Waals surface area contributed by atoms with E-state index in [9.17, 15) is 48.0 Å². The van der Waals surface area contributed by atoms with Gasteiger partial charge in [-0.2, -0.15) is 0 Å². The number of Topliss-reactive ketones (excluding diaryl/α,β-unsaturated/α-hetero) is 2. The fourth-order valence-corrected chi connectivity index (χ4v) is 7.81. The van der Waals surface area contributed by atoms with Crippen LogP contribution in [0.5, 0.6) is 11.5 Å². The van der Waals surface area contributed by atoms with Gasteiger partial charge in [-0.1, -0.05) is 6.42 Å². The Balaban J connectivity index is 1.74. The SMILES string of the molecule is CNC(=O)C1=C(O)[C@@]2(O)C(=O)C3=C(O)c4c(O)cc(C5CCCCN5C(C)C)c(OC(F)(F)F)c4C[C@H]3C[C@H]2[C@H](N(C)C)C1=O. The molecule has 1 heterocycles. The zero-order valence-electron chi connectivity index (χ0n) is 25.7. The number of hydrogen-bond acceptors (Lipinski definition) is 10. The fourth-order valence-electron chi connectivity index (χ4n) is 7.81. The van der Waals surface area contributed by atoms with Crippen molar-refractivity contribution in [3.05, 3.63) is 39.7 Å². The Morgan fingerprint density at radius 1 is 1.18 bits per heavy atom. The molecular formula is C31H38F3N3O8. The highest BCUT2D eigenvalue weighted by Gasteiger charge is 2.64. The minimum atomic E-state index is -5.13. The van der Waals surface area contributed by atoms with Gasteiger partial charge in [0.2, 0.25) is 5.78 Å². The number of aromatic hydroxyl groups is 1. The number of aliphatic hydroxyl groups is 3. The highest BCUT2D eigenvalue weighted by atomic mass is 19.4. The minimum absolute atomic E-state index is 0.0343. The van der Waals surface area contributed by atoms with E-state index >= 15 is 0 Å². The summed E-state index contributed by atoms with van der Waals surface area (Å²) in [5, 5.41) is 47.9. The van der Waals surface area contributed by atoms with Gasteiger partial charge in [0.15, 0.2) is 11.4 Å². The number of fused-ring (bicyclic) bond motifs is 3. The Kier molecular flexibility index (Phi) is 8.24. The molecule has 1 aromatic rings. The number of aliphatic hydroxyl groups excluding tert-OH is 2. The Bertz CT molecular complexity index is 1520. The summed E-state index contributed by atoms with van der Waals surface area (Å²) in [6.45, 7) is 4.46. The van der Waals surface area contributed by atoms with E-state index in [1.54, 1.807) is 0 Å². The van der Waals surface area contributed by atoms with Crippen LogP contribution in [0.4, 0.5) is 13.2 Å². The highest BCUT2D eigenvalue weighted by Crippen LogP contribution is 2.55. The first-order valence-electron chi connectivity index (χ1n) is 14.9. The van der Waals surface area contributed by atoms with Gasteiger partial charge in [0.1, 0.15) is 28.6 Å². The molecule has 0 radical (unpaired) electrons. The molecule has 45 heavy (non-hydrogen) atoms. The minimum Gasteiger partial charge on any atom is -0.508 e. The second-order valence-electron chi connectivity index (χ2n) is 12.7.